The molecule has 0 aromatic heterocycles. The fourth-order valence-electron chi connectivity index (χ4n) is 3.42. The molecule has 21 heavy (non-hydrogen) atoms. The number of nitrogens with zero attached hydrogens (tertiary/aromatic N) is 1. The first-order valence-electron chi connectivity index (χ1n) is 7.90. The van der Waals surface area contributed by atoms with Gasteiger partial charge in [0.2, 0.25) is 11.8 Å². The molecule has 2 aliphatic rings. The molecule has 1 saturated carbocycles. The van der Waals surface area contributed by atoms with Crippen molar-refractivity contribution in [2.75, 3.05) is 6.54 Å². The Morgan fingerprint density at radius 1 is 1.00 bits per heavy atom. The average molecular weight is 286 g/mol. The van der Waals surface area contributed by atoms with Gasteiger partial charge >= 0.3 is 0 Å². The Bertz CT molecular complexity index is 509. The minimum absolute atomic E-state index is 0.0319. The molecule has 4 nitrogen and oxygen atoms in total. The molecule has 3 rings (SSSR count). The van der Waals surface area contributed by atoms with Crippen molar-refractivity contribution in [3.8, 4) is 0 Å². The monoisotopic (exact) mass is 286 g/mol. The van der Waals surface area contributed by atoms with Crippen molar-refractivity contribution in [2.24, 2.45) is 0 Å². The standard InChI is InChI=1S/C17H22N2O2/c20-15-11-12-19(14-9-5-2-6-10-14)17(21)16(18-15)13-7-3-1-4-8-13/h1,3-4,7-8,14,16H,2,5-6,9-12H2,(H,18,20). The zero-order valence-corrected chi connectivity index (χ0v) is 12.3. The van der Waals surface area contributed by atoms with Gasteiger partial charge in [0.1, 0.15) is 6.04 Å². The molecule has 112 valence electrons. The minimum atomic E-state index is -0.525. The molecule has 1 aromatic rings. The SMILES string of the molecule is O=C1CCN(C2CCCCC2)C(=O)C(c2ccccc2)N1. The Balaban J connectivity index is 1.85. The van der Waals surface area contributed by atoms with Crippen LogP contribution in [0.4, 0.5) is 0 Å². The van der Waals surface area contributed by atoms with E-state index in [0.29, 0.717) is 19.0 Å². The number of amides is 2. The molecule has 1 aliphatic carbocycles. The Morgan fingerprint density at radius 2 is 1.71 bits per heavy atom. The van der Waals surface area contributed by atoms with Crippen molar-refractivity contribution in [3.05, 3.63) is 35.9 Å². The summed E-state index contributed by atoms with van der Waals surface area (Å²) in [6.07, 6.45) is 6.18. The number of carbonyl (C=O) groups excluding carboxylic acids is 2. The molecular weight excluding hydrogens is 264 g/mol. The maximum atomic E-state index is 12.9. The highest BCUT2D eigenvalue weighted by atomic mass is 16.2. The molecule has 2 fully saturated rings. The summed E-state index contributed by atoms with van der Waals surface area (Å²) in [6.45, 7) is 0.554. The van der Waals surface area contributed by atoms with E-state index in [4.69, 9.17) is 0 Å². The molecule has 1 atom stereocenters. The Morgan fingerprint density at radius 3 is 2.43 bits per heavy atom. The zero-order valence-electron chi connectivity index (χ0n) is 12.3. The third kappa shape index (κ3) is 3.09. The molecular formula is C17H22N2O2. The van der Waals surface area contributed by atoms with Gasteiger partial charge < -0.3 is 10.2 Å². The van der Waals surface area contributed by atoms with Crippen molar-refractivity contribution in [3.63, 3.8) is 0 Å². The van der Waals surface area contributed by atoms with Crippen LogP contribution in [0.2, 0.25) is 0 Å². The van der Waals surface area contributed by atoms with Crippen LogP contribution in [0.5, 0.6) is 0 Å². The second-order valence-corrected chi connectivity index (χ2v) is 5.98. The first-order chi connectivity index (χ1) is 10.3. The van der Waals surface area contributed by atoms with Gasteiger partial charge in [0.25, 0.3) is 0 Å². The van der Waals surface area contributed by atoms with E-state index in [0.717, 1.165) is 18.4 Å². The zero-order chi connectivity index (χ0) is 14.7. The molecule has 1 unspecified atom stereocenters. The number of nitrogens with one attached hydrogen (secondary N) is 1. The van der Waals surface area contributed by atoms with Gasteiger partial charge in [-0.05, 0) is 18.4 Å². The van der Waals surface area contributed by atoms with Gasteiger partial charge in [0, 0.05) is 19.0 Å². The lowest BCUT2D eigenvalue weighted by molar-refractivity contribution is -0.136. The van der Waals surface area contributed by atoms with Crippen LogP contribution in [-0.2, 0) is 9.59 Å². The predicted octanol–water partition coefficient (Wildman–Crippen LogP) is 2.41. The molecule has 2 amide bonds. The first kappa shape index (κ1) is 14.1. The smallest absolute Gasteiger partial charge is 0.250 e. The Hall–Kier alpha value is -1.84. The summed E-state index contributed by atoms with van der Waals surface area (Å²) in [5.74, 6) is 0.0227. The van der Waals surface area contributed by atoms with E-state index < -0.39 is 6.04 Å². The van der Waals surface area contributed by atoms with Crippen LogP contribution in [0.3, 0.4) is 0 Å². The number of benzene rings is 1. The van der Waals surface area contributed by atoms with Gasteiger partial charge in [-0.1, -0.05) is 49.6 Å². The number of hydrogen-bond acceptors (Lipinski definition) is 2. The third-order valence-electron chi connectivity index (χ3n) is 4.56. The van der Waals surface area contributed by atoms with E-state index in [-0.39, 0.29) is 11.8 Å². The van der Waals surface area contributed by atoms with Crippen LogP contribution < -0.4 is 5.32 Å². The van der Waals surface area contributed by atoms with E-state index in [2.05, 4.69) is 5.32 Å². The molecule has 1 aromatic carbocycles. The third-order valence-corrected chi connectivity index (χ3v) is 4.56. The molecule has 1 N–H and O–H groups in total. The van der Waals surface area contributed by atoms with Crippen LogP contribution in [0.25, 0.3) is 0 Å². The van der Waals surface area contributed by atoms with Crippen molar-refractivity contribution in [1.29, 1.82) is 0 Å². The van der Waals surface area contributed by atoms with Crippen molar-refractivity contribution >= 4 is 11.8 Å². The van der Waals surface area contributed by atoms with Crippen LogP contribution in [-0.4, -0.2) is 29.3 Å². The lowest BCUT2D eigenvalue weighted by Crippen LogP contribution is -2.45. The Labute approximate surface area is 125 Å². The van der Waals surface area contributed by atoms with Gasteiger partial charge in [-0.3, -0.25) is 9.59 Å². The molecule has 0 spiro atoms. The molecule has 4 heteroatoms. The van der Waals surface area contributed by atoms with Crippen molar-refractivity contribution in [2.45, 2.75) is 50.6 Å². The lowest BCUT2D eigenvalue weighted by atomic mass is 9.93. The maximum absolute atomic E-state index is 12.9. The summed E-state index contributed by atoms with van der Waals surface area (Å²) in [5, 5.41) is 2.88. The molecule has 1 heterocycles. The van der Waals surface area contributed by atoms with Crippen LogP contribution in [0.15, 0.2) is 30.3 Å². The molecule has 1 aliphatic heterocycles. The summed E-state index contributed by atoms with van der Waals surface area (Å²) in [5.41, 5.74) is 0.874. The predicted molar refractivity (Wildman–Crippen MR) is 80.5 cm³/mol. The van der Waals surface area contributed by atoms with E-state index in [9.17, 15) is 9.59 Å². The fraction of sp³-hybridized carbons (Fsp3) is 0.529. The second-order valence-electron chi connectivity index (χ2n) is 5.98. The first-order valence-corrected chi connectivity index (χ1v) is 7.90. The van der Waals surface area contributed by atoms with E-state index in [1.807, 2.05) is 35.2 Å². The van der Waals surface area contributed by atoms with Gasteiger partial charge in [0.05, 0.1) is 0 Å². The van der Waals surface area contributed by atoms with Crippen LogP contribution in [0, 0.1) is 0 Å². The summed E-state index contributed by atoms with van der Waals surface area (Å²) in [4.78, 5) is 26.8. The average Bonchev–Trinajstić information content (AvgIpc) is 2.68. The lowest BCUT2D eigenvalue weighted by Gasteiger charge is -2.34. The van der Waals surface area contributed by atoms with E-state index in [1.54, 1.807) is 0 Å². The molecule has 1 saturated heterocycles. The number of hydrogen-bond donors (Lipinski definition) is 1. The summed E-state index contributed by atoms with van der Waals surface area (Å²) >= 11 is 0. The van der Waals surface area contributed by atoms with E-state index in [1.165, 1.54) is 19.3 Å². The van der Waals surface area contributed by atoms with Crippen LogP contribution >= 0.6 is 0 Å². The molecule has 0 bridgehead atoms. The Kier molecular flexibility index (Phi) is 4.23. The maximum Gasteiger partial charge on any atom is 0.250 e. The summed E-state index contributed by atoms with van der Waals surface area (Å²) in [6, 6.07) is 9.34. The van der Waals surface area contributed by atoms with Gasteiger partial charge in [-0.2, -0.15) is 0 Å². The highest BCUT2D eigenvalue weighted by Gasteiger charge is 2.34. The fourth-order valence-corrected chi connectivity index (χ4v) is 3.42. The highest BCUT2D eigenvalue weighted by Crippen LogP contribution is 2.27. The van der Waals surface area contributed by atoms with Gasteiger partial charge in [-0.25, -0.2) is 0 Å². The quantitative estimate of drug-likeness (QED) is 0.907. The minimum Gasteiger partial charge on any atom is -0.340 e. The van der Waals surface area contributed by atoms with Gasteiger partial charge in [-0.15, -0.1) is 0 Å². The normalized spacial score (nSPS) is 24.6. The van der Waals surface area contributed by atoms with Gasteiger partial charge in [0.15, 0.2) is 0 Å². The topological polar surface area (TPSA) is 49.4 Å². The van der Waals surface area contributed by atoms with Crippen molar-refractivity contribution < 1.29 is 9.59 Å². The van der Waals surface area contributed by atoms with Crippen LogP contribution in [0.1, 0.15) is 50.1 Å². The summed E-state index contributed by atoms with van der Waals surface area (Å²) < 4.78 is 0. The van der Waals surface area contributed by atoms with E-state index >= 15 is 0 Å². The largest absolute Gasteiger partial charge is 0.340 e. The second kappa shape index (κ2) is 6.29. The summed E-state index contributed by atoms with van der Waals surface area (Å²) in [7, 11) is 0. The number of carbonyl (C=O) groups is 2. The van der Waals surface area contributed by atoms with Crippen molar-refractivity contribution in [1.82, 2.24) is 10.2 Å². The highest BCUT2D eigenvalue weighted by molar-refractivity contribution is 5.91. The molecule has 0 radical (unpaired) electrons. The number of rotatable bonds is 2.